The highest BCUT2D eigenvalue weighted by Gasteiger charge is 2.04. The molecule has 0 atom stereocenters. The fourth-order valence-electron chi connectivity index (χ4n) is 1.13. The van der Waals surface area contributed by atoms with Crippen LogP contribution in [0.2, 0.25) is 0 Å². The highest BCUT2D eigenvalue weighted by molar-refractivity contribution is 9.10. The molecule has 5 heteroatoms. The molecule has 0 amide bonds. The third-order valence-electron chi connectivity index (χ3n) is 2.01. The van der Waals surface area contributed by atoms with Gasteiger partial charge in [0.15, 0.2) is 5.82 Å². The van der Waals surface area contributed by atoms with Gasteiger partial charge in [-0.25, -0.2) is 0 Å². The number of benzene rings is 1. The van der Waals surface area contributed by atoms with Gasteiger partial charge in [0, 0.05) is 10.0 Å². The van der Waals surface area contributed by atoms with Crippen molar-refractivity contribution in [2.24, 2.45) is 0 Å². The standard InChI is InChI=1S/C10H9BrN4/c1-6-3-4-8(5-9(6)11)10-14-12-7(2)13-15-10/h3-5H,1-2H3. The molecule has 0 aliphatic rings. The van der Waals surface area contributed by atoms with Gasteiger partial charge >= 0.3 is 0 Å². The summed E-state index contributed by atoms with van der Waals surface area (Å²) >= 11 is 3.46. The highest BCUT2D eigenvalue weighted by Crippen LogP contribution is 2.22. The van der Waals surface area contributed by atoms with Crippen LogP contribution in [0, 0.1) is 13.8 Å². The lowest BCUT2D eigenvalue weighted by molar-refractivity contribution is 0.816. The van der Waals surface area contributed by atoms with Crippen LogP contribution in [-0.4, -0.2) is 20.4 Å². The fourth-order valence-corrected chi connectivity index (χ4v) is 1.51. The zero-order chi connectivity index (χ0) is 10.8. The number of rotatable bonds is 1. The van der Waals surface area contributed by atoms with Crippen LogP contribution in [0.15, 0.2) is 22.7 Å². The summed E-state index contributed by atoms with van der Waals surface area (Å²) in [6, 6.07) is 5.92. The number of nitrogens with zero attached hydrogens (tertiary/aromatic N) is 4. The Morgan fingerprint density at radius 3 is 2.27 bits per heavy atom. The fraction of sp³-hybridized carbons (Fsp3) is 0.200. The Morgan fingerprint density at radius 2 is 1.67 bits per heavy atom. The Kier molecular flexibility index (Phi) is 2.73. The summed E-state index contributed by atoms with van der Waals surface area (Å²) in [5, 5.41) is 15.7. The highest BCUT2D eigenvalue weighted by atomic mass is 79.9. The molecule has 0 aliphatic carbocycles. The number of hydrogen-bond acceptors (Lipinski definition) is 4. The molecule has 0 fully saturated rings. The van der Waals surface area contributed by atoms with Crippen molar-refractivity contribution in [1.82, 2.24) is 20.4 Å². The van der Waals surface area contributed by atoms with Gasteiger partial charge in [0.05, 0.1) is 0 Å². The molecule has 0 saturated heterocycles. The van der Waals surface area contributed by atoms with Crippen molar-refractivity contribution in [2.45, 2.75) is 13.8 Å². The summed E-state index contributed by atoms with van der Waals surface area (Å²) in [4.78, 5) is 0. The normalized spacial score (nSPS) is 10.3. The maximum Gasteiger partial charge on any atom is 0.203 e. The van der Waals surface area contributed by atoms with E-state index in [-0.39, 0.29) is 0 Å². The molecule has 1 aromatic heterocycles. The molecule has 76 valence electrons. The summed E-state index contributed by atoms with van der Waals surface area (Å²) in [5.41, 5.74) is 2.08. The summed E-state index contributed by atoms with van der Waals surface area (Å²) in [7, 11) is 0. The number of aromatic nitrogens is 4. The van der Waals surface area contributed by atoms with Crippen LogP contribution < -0.4 is 0 Å². The molecule has 2 rings (SSSR count). The Labute approximate surface area is 95.9 Å². The predicted molar refractivity (Wildman–Crippen MR) is 60.2 cm³/mol. The van der Waals surface area contributed by atoms with E-state index in [0.29, 0.717) is 11.6 Å². The third-order valence-corrected chi connectivity index (χ3v) is 2.86. The first-order valence-corrected chi connectivity index (χ1v) is 5.26. The van der Waals surface area contributed by atoms with Crippen molar-refractivity contribution in [3.63, 3.8) is 0 Å². The zero-order valence-corrected chi connectivity index (χ0v) is 9.98. The van der Waals surface area contributed by atoms with E-state index >= 15 is 0 Å². The van der Waals surface area contributed by atoms with E-state index in [1.165, 1.54) is 5.56 Å². The van der Waals surface area contributed by atoms with Crippen molar-refractivity contribution in [3.8, 4) is 11.4 Å². The van der Waals surface area contributed by atoms with Crippen molar-refractivity contribution >= 4 is 15.9 Å². The molecule has 0 bridgehead atoms. The molecule has 1 heterocycles. The van der Waals surface area contributed by atoms with Gasteiger partial charge in [-0.1, -0.05) is 28.1 Å². The van der Waals surface area contributed by atoms with E-state index in [2.05, 4.69) is 36.3 Å². The summed E-state index contributed by atoms with van der Waals surface area (Å²) in [6.45, 7) is 3.79. The van der Waals surface area contributed by atoms with Crippen LogP contribution in [0.25, 0.3) is 11.4 Å². The van der Waals surface area contributed by atoms with E-state index < -0.39 is 0 Å². The molecule has 2 aromatic rings. The second kappa shape index (κ2) is 4.02. The van der Waals surface area contributed by atoms with Crippen LogP contribution in [0.3, 0.4) is 0 Å². The van der Waals surface area contributed by atoms with Crippen molar-refractivity contribution in [3.05, 3.63) is 34.1 Å². The maximum atomic E-state index is 3.97. The van der Waals surface area contributed by atoms with Gasteiger partial charge in [0.2, 0.25) is 5.82 Å². The lowest BCUT2D eigenvalue weighted by Gasteiger charge is -2.01. The van der Waals surface area contributed by atoms with E-state index in [9.17, 15) is 0 Å². The quantitative estimate of drug-likeness (QED) is 0.793. The van der Waals surface area contributed by atoms with Crippen LogP contribution in [0.1, 0.15) is 11.4 Å². The predicted octanol–water partition coefficient (Wildman–Crippen LogP) is 2.31. The van der Waals surface area contributed by atoms with Crippen molar-refractivity contribution < 1.29 is 0 Å². The molecule has 0 unspecified atom stereocenters. The minimum atomic E-state index is 0.543. The molecule has 0 aliphatic heterocycles. The topological polar surface area (TPSA) is 51.6 Å². The SMILES string of the molecule is Cc1nnc(-c2ccc(C)c(Br)c2)nn1. The van der Waals surface area contributed by atoms with E-state index in [1.807, 2.05) is 25.1 Å². The van der Waals surface area contributed by atoms with E-state index in [4.69, 9.17) is 0 Å². The van der Waals surface area contributed by atoms with Crippen molar-refractivity contribution in [2.75, 3.05) is 0 Å². The molecule has 0 N–H and O–H groups in total. The van der Waals surface area contributed by atoms with Gasteiger partial charge in [-0.3, -0.25) is 0 Å². The van der Waals surface area contributed by atoms with Crippen LogP contribution in [0.4, 0.5) is 0 Å². The van der Waals surface area contributed by atoms with E-state index in [1.54, 1.807) is 6.92 Å². The van der Waals surface area contributed by atoms with Crippen molar-refractivity contribution in [1.29, 1.82) is 0 Å². The third kappa shape index (κ3) is 2.18. The Balaban J connectivity index is 2.45. The first-order chi connectivity index (χ1) is 7.16. The van der Waals surface area contributed by atoms with Gasteiger partial charge in [-0.15, -0.1) is 20.4 Å². The van der Waals surface area contributed by atoms with Gasteiger partial charge < -0.3 is 0 Å². The number of halogens is 1. The molecule has 0 saturated carbocycles. The molecular weight excluding hydrogens is 256 g/mol. The maximum absolute atomic E-state index is 3.97. The minimum Gasteiger partial charge on any atom is -0.131 e. The average molecular weight is 265 g/mol. The molecule has 1 aromatic carbocycles. The summed E-state index contributed by atoms with van der Waals surface area (Å²) < 4.78 is 1.03. The van der Waals surface area contributed by atoms with E-state index in [0.717, 1.165) is 10.0 Å². The lowest BCUT2D eigenvalue weighted by Crippen LogP contribution is -1.98. The molecule has 15 heavy (non-hydrogen) atoms. The van der Waals surface area contributed by atoms with Gasteiger partial charge in [-0.2, -0.15) is 0 Å². The molecule has 0 spiro atoms. The Hall–Kier alpha value is -1.36. The molecule has 0 radical (unpaired) electrons. The Morgan fingerprint density at radius 1 is 1.00 bits per heavy atom. The number of aryl methyl sites for hydroxylation is 2. The lowest BCUT2D eigenvalue weighted by atomic mass is 10.1. The second-order valence-corrected chi connectivity index (χ2v) is 4.09. The smallest absolute Gasteiger partial charge is 0.131 e. The minimum absolute atomic E-state index is 0.543. The first-order valence-electron chi connectivity index (χ1n) is 4.47. The average Bonchev–Trinajstić information content (AvgIpc) is 2.23. The zero-order valence-electron chi connectivity index (χ0n) is 8.40. The largest absolute Gasteiger partial charge is 0.203 e. The number of hydrogen-bond donors (Lipinski definition) is 0. The summed E-state index contributed by atoms with van der Waals surface area (Å²) in [5.74, 6) is 1.12. The van der Waals surface area contributed by atoms with Crippen LogP contribution in [-0.2, 0) is 0 Å². The van der Waals surface area contributed by atoms with Crippen LogP contribution in [0.5, 0.6) is 0 Å². The summed E-state index contributed by atoms with van der Waals surface area (Å²) in [6.07, 6.45) is 0. The molecular formula is C10H9BrN4. The first kappa shape index (κ1) is 10.2. The van der Waals surface area contributed by atoms with Crippen LogP contribution >= 0.6 is 15.9 Å². The Bertz CT molecular complexity index is 481. The van der Waals surface area contributed by atoms with Gasteiger partial charge in [0.25, 0.3) is 0 Å². The molecule has 4 nitrogen and oxygen atoms in total. The van der Waals surface area contributed by atoms with Gasteiger partial charge in [-0.05, 0) is 25.5 Å². The monoisotopic (exact) mass is 264 g/mol. The van der Waals surface area contributed by atoms with Gasteiger partial charge in [0.1, 0.15) is 0 Å². The second-order valence-electron chi connectivity index (χ2n) is 3.23.